The molecule has 1 unspecified atom stereocenters. The molecular formula is C21H37NO4. The Morgan fingerprint density at radius 1 is 1.08 bits per heavy atom. The molecule has 0 aromatic heterocycles. The Bertz CT molecular complexity index is 550. The highest BCUT2D eigenvalue weighted by Crippen LogP contribution is 2.45. The van der Waals surface area contributed by atoms with E-state index in [9.17, 15) is 14.7 Å². The lowest BCUT2D eigenvalue weighted by Crippen LogP contribution is -2.56. The molecule has 5 nitrogen and oxygen atoms in total. The number of carbonyl (C=O) groups is 2. The predicted octanol–water partition coefficient (Wildman–Crippen LogP) is 4.71. The van der Waals surface area contributed by atoms with E-state index in [1.54, 1.807) is 0 Å². The first-order valence-corrected chi connectivity index (χ1v) is 9.74. The van der Waals surface area contributed by atoms with Gasteiger partial charge in [-0.1, -0.05) is 37.3 Å². The van der Waals surface area contributed by atoms with Crippen LogP contribution < -0.4 is 0 Å². The minimum absolute atomic E-state index is 0.0822. The van der Waals surface area contributed by atoms with Crippen molar-refractivity contribution < 1.29 is 19.8 Å². The Balaban J connectivity index is 2.75. The SMILES string of the molecule is CN1C(C)(C)C=C(C(C)(CCCCCCCC(=O)O)C(=O)O)CC1(C)C. The van der Waals surface area contributed by atoms with Gasteiger partial charge in [-0.05, 0) is 60.9 Å². The number of aliphatic carboxylic acids is 2. The van der Waals surface area contributed by atoms with Gasteiger partial charge < -0.3 is 10.2 Å². The van der Waals surface area contributed by atoms with Gasteiger partial charge in [-0.2, -0.15) is 0 Å². The lowest BCUT2D eigenvalue weighted by atomic mass is 9.68. The first kappa shape index (κ1) is 22.7. The quantitative estimate of drug-likeness (QED) is 0.432. The standard InChI is InChI=1S/C21H37NO4/c1-19(2)14-16(15-20(3,4)22(19)6)21(5,18(25)26)13-11-9-7-8-10-12-17(23)24/h14H,7-13,15H2,1-6H3,(H,23,24)(H,25,26). The van der Waals surface area contributed by atoms with Crippen LogP contribution in [-0.2, 0) is 9.59 Å². The summed E-state index contributed by atoms with van der Waals surface area (Å²) in [5, 5.41) is 18.6. The average molecular weight is 368 g/mol. The van der Waals surface area contributed by atoms with E-state index in [0.29, 0.717) is 12.8 Å². The van der Waals surface area contributed by atoms with Gasteiger partial charge in [-0.3, -0.25) is 14.5 Å². The molecule has 0 saturated heterocycles. The number of nitrogens with zero attached hydrogens (tertiary/aromatic N) is 1. The third-order valence-corrected chi connectivity index (χ3v) is 6.17. The Morgan fingerprint density at radius 2 is 1.62 bits per heavy atom. The maximum absolute atomic E-state index is 12.1. The molecule has 0 radical (unpaired) electrons. The van der Waals surface area contributed by atoms with Gasteiger partial charge in [0.1, 0.15) is 0 Å². The first-order valence-electron chi connectivity index (χ1n) is 9.74. The number of rotatable bonds is 10. The van der Waals surface area contributed by atoms with Crippen LogP contribution in [0.2, 0.25) is 0 Å². The Kier molecular flexibility index (Phi) is 7.46. The fourth-order valence-corrected chi connectivity index (χ4v) is 3.98. The van der Waals surface area contributed by atoms with Crippen molar-refractivity contribution in [1.82, 2.24) is 4.90 Å². The van der Waals surface area contributed by atoms with Gasteiger partial charge in [0.05, 0.1) is 5.41 Å². The summed E-state index contributed by atoms with van der Waals surface area (Å²) in [6.07, 6.45) is 8.11. The minimum Gasteiger partial charge on any atom is -0.481 e. The molecule has 0 saturated carbocycles. The van der Waals surface area contributed by atoms with E-state index in [0.717, 1.165) is 37.7 Å². The van der Waals surface area contributed by atoms with Crippen molar-refractivity contribution in [1.29, 1.82) is 0 Å². The van der Waals surface area contributed by atoms with Crippen LogP contribution in [0.3, 0.4) is 0 Å². The lowest BCUT2D eigenvalue weighted by Gasteiger charge is -2.51. The Labute approximate surface area is 158 Å². The highest BCUT2D eigenvalue weighted by molar-refractivity contribution is 5.78. The van der Waals surface area contributed by atoms with Gasteiger partial charge in [0.2, 0.25) is 0 Å². The molecule has 0 fully saturated rings. The number of carboxylic acids is 2. The third-order valence-electron chi connectivity index (χ3n) is 6.17. The van der Waals surface area contributed by atoms with Crippen molar-refractivity contribution in [2.45, 2.75) is 97.1 Å². The number of likely N-dealkylation sites (N-methyl/N-ethyl adjacent to an activating group) is 1. The van der Waals surface area contributed by atoms with E-state index in [4.69, 9.17) is 5.11 Å². The van der Waals surface area contributed by atoms with E-state index < -0.39 is 17.4 Å². The zero-order valence-corrected chi connectivity index (χ0v) is 17.4. The molecule has 1 rings (SSSR count). The third kappa shape index (κ3) is 5.57. The molecule has 1 aliphatic heterocycles. The monoisotopic (exact) mass is 367 g/mol. The van der Waals surface area contributed by atoms with Gasteiger partial charge in [-0.15, -0.1) is 0 Å². The van der Waals surface area contributed by atoms with E-state index >= 15 is 0 Å². The maximum Gasteiger partial charge on any atom is 0.313 e. The first-order chi connectivity index (χ1) is 11.8. The van der Waals surface area contributed by atoms with Gasteiger partial charge >= 0.3 is 11.9 Å². The van der Waals surface area contributed by atoms with Crippen molar-refractivity contribution in [2.75, 3.05) is 7.05 Å². The van der Waals surface area contributed by atoms with Crippen molar-refractivity contribution in [3.8, 4) is 0 Å². The molecule has 1 atom stereocenters. The van der Waals surface area contributed by atoms with Crippen molar-refractivity contribution in [3.05, 3.63) is 11.6 Å². The maximum atomic E-state index is 12.1. The zero-order chi connectivity index (χ0) is 20.2. The van der Waals surface area contributed by atoms with E-state index in [1.807, 2.05) is 6.92 Å². The summed E-state index contributed by atoms with van der Waals surface area (Å²) in [7, 11) is 2.10. The van der Waals surface area contributed by atoms with Gasteiger partial charge in [-0.25, -0.2) is 0 Å². The Morgan fingerprint density at radius 3 is 2.12 bits per heavy atom. The van der Waals surface area contributed by atoms with Gasteiger partial charge in [0.25, 0.3) is 0 Å². The Hall–Kier alpha value is -1.36. The summed E-state index contributed by atoms with van der Waals surface area (Å²) in [4.78, 5) is 25.0. The molecule has 0 amide bonds. The van der Waals surface area contributed by atoms with Crippen LogP contribution >= 0.6 is 0 Å². The number of hydrogen-bond acceptors (Lipinski definition) is 3. The second kappa shape index (κ2) is 8.55. The number of carboxylic acid groups (broad SMARTS) is 2. The summed E-state index contributed by atoms with van der Waals surface area (Å²) >= 11 is 0. The minimum atomic E-state index is -0.836. The highest BCUT2D eigenvalue weighted by atomic mass is 16.4. The van der Waals surface area contributed by atoms with E-state index in [2.05, 4.69) is 45.7 Å². The molecule has 0 bridgehead atoms. The fraction of sp³-hybridized carbons (Fsp3) is 0.810. The largest absolute Gasteiger partial charge is 0.481 e. The topological polar surface area (TPSA) is 77.8 Å². The van der Waals surface area contributed by atoms with Crippen LogP contribution in [0.25, 0.3) is 0 Å². The molecule has 0 aromatic carbocycles. The summed E-state index contributed by atoms with van der Waals surface area (Å²) in [5.41, 5.74) is -0.0632. The molecule has 0 aliphatic carbocycles. The van der Waals surface area contributed by atoms with Crippen LogP contribution in [0.15, 0.2) is 11.6 Å². The number of unbranched alkanes of at least 4 members (excludes halogenated alkanes) is 4. The molecule has 0 spiro atoms. The fourth-order valence-electron chi connectivity index (χ4n) is 3.98. The molecule has 1 heterocycles. The lowest BCUT2D eigenvalue weighted by molar-refractivity contribution is -0.146. The van der Waals surface area contributed by atoms with Gasteiger partial charge in [0.15, 0.2) is 0 Å². The molecule has 26 heavy (non-hydrogen) atoms. The van der Waals surface area contributed by atoms with Crippen molar-refractivity contribution in [3.63, 3.8) is 0 Å². The van der Waals surface area contributed by atoms with Crippen molar-refractivity contribution in [2.24, 2.45) is 5.41 Å². The molecular weight excluding hydrogens is 330 g/mol. The second-order valence-electron chi connectivity index (χ2n) is 9.17. The summed E-state index contributed by atoms with van der Waals surface area (Å²) in [5.74, 6) is -1.49. The average Bonchev–Trinajstić information content (AvgIpc) is 2.50. The summed E-state index contributed by atoms with van der Waals surface area (Å²) in [6.45, 7) is 10.5. The van der Waals surface area contributed by atoms with Crippen LogP contribution in [-0.4, -0.2) is 45.2 Å². The molecule has 0 aromatic rings. The summed E-state index contributed by atoms with van der Waals surface area (Å²) < 4.78 is 0. The number of hydrogen-bond donors (Lipinski definition) is 2. The van der Waals surface area contributed by atoms with E-state index in [-0.39, 0.29) is 17.5 Å². The van der Waals surface area contributed by atoms with Crippen molar-refractivity contribution >= 4 is 11.9 Å². The van der Waals surface area contributed by atoms with Crippen LogP contribution in [0, 0.1) is 5.41 Å². The molecule has 5 heteroatoms. The molecule has 150 valence electrons. The predicted molar refractivity (Wildman–Crippen MR) is 104 cm³/mol. The molecule has 2 N–H and O–H groups in total. The second-order valence-corrected chi connectivity index (χ2v) is 9.17. The van der Waals surface area contributed by atoms with Gasteiger partial charge in [0, 0.05) is 17.5 Å². The zero-order valence-electron chi connectivity index (χ0n) is 17.4. The van der Waals surface area contributed by atoms with Crippen LogP contribution in [0.1, 0.15) is 86.0 Å². The van der Waals surface area contributed by atoms with E-state index in [1.165, 1.54) is 0 Å². The highest BCUT2D eigenvalue weighted by Gasteiger charge is 2.46. The smallest absolute Gasteiger partial charge is 0.313 e. The summed E-state index contributed by atoms with van der Waals surface area (Å²) in [6, 6.07) is 0. The molecule has 1 aliphatic rings. The normalized spacial score (nSPS) is 21.7. The van der Waals surface area contributed by atoms with Crippen LogP contribution in [0.4, 0.5) is 0 Å². The van der Waals surface area contributed by atoms with Crippen LogP contribution in [0.5, 0.6) is 0 Å².